The van der Waals surface area contributed by atoms with E-state index in [1.807, 2.05) is 40.1 Å². The number of nitrogens with zero attached hydrogens (tertiary/aromatic N) is 6. The van der Waals surface area contributed by atoms with E-state index in [0.29, 0.717) is 36.7 Å². The van der Waals surface area contributed by atoms with Gasteiger partial charge in [-0.2, -0.15) is 13.5 Å². The van der Waals surface area contributed by atoms with Crippen LogP contribution in [0, 0.1) is 10.1 Å². The van der Waals surface area contributed by atoms with Crippen molar-refractivity contribution in [3.8, 4) is 0 Å². The molecule has 0 unspecified atom stereocenters. The number of carbonyl (C=O) groups is 1. The topological polar surface area (TPSA) is 141 Å². The first-order valence-corrected chi connectivity index (χ1v) is 13.5. The number of hydrogen-bond acceptors (Lipinski definition) is 9. The van der Waals surface area contributed by atoms with Crippen LogP contribution in [0.25, 0.3) is 0 Å². The van der Waals surface area contributed by atoms with Gasteiger partial charge >= 0.3 is 11.0 Å². The molecule has 190 valence electrons. The number of urea groups is 1. The van der Waals surface area contributed by atoms with Crippen LogP contribution in [0.2, 0.25) is 0 Å². The molecular weight excluding hydrogens is 518 g/mol. The van der Waals surface area contributed by atoms with E-state index in [9.17, 15) is 23.3 Å². The fourth-order valence-electron chi connectivity index (χ4n) is 4.04. The summed E-state index contributed by atoms with van der Waals surface area (Å²) in [6.45, 7) is 1.34. The third-order valence-corrected chi connectivity index (χ3v) is 8.07. The van der Waals surface area contributed by atoms with Crippen molar-refractivity contribution < 1.29 is 18.1 Å². The van der Waals surface area contributed by atoms with Crippen molar-refractivity contribution in [3.63, 3.8) is 0 Å². The molecule has 2 aliphatic rings. The number of anilines is 2. The van der Waals surface area contributed by atoms with Gasteiger partial charge < -0.3 is 9.80 Å². The summed E-state index contributed by atoms with van der Waals surface area (Å²) in [4.78, 5) is 28.8. The number of piperazine rings is 1. The van der Waals surface area contributed by atoms with Gasteiger partial charge in [0.05, 0.1) is 21.7 Å². The molecule has 0 bridgehead atoms. The maximum Gasteiger partial charge on any atom is 0.337 e. The number of nitrogens with one attached hydrogen (secondary N) is 1. The second-order valence-electron chi connectivity index (χ2n) is 8.09. The van der Waals surface area contributed by atoms with Crippen molar-refractivity contribution in [2.45, 2.75) is 4.90 Å². The number of carbonyl (C=O) groups excluding carboxylic acids is 1. The second-order valence-corrected chi connectivity index (χ2v) is 10.8. The molecule has 5 rings (SSSR count). The fraction of sp³-hybridized carbons (Fsp3) is 0.174. The van der Waals surface area contributed by atoms with Crippen molar-refractivity contribution in [1.29, 1.82) is 0 Å². The molecular formula is C23H21N7O5S2. The summed E-state index contributed by atoms with van der Waals surface area (Å²) in [5.74, 6) is 0.280. The molecule has 0 aliphatic carbocycles. The van der Waals surface area contributed by atoms with Gasteiger partial charge in [-0.15, -0.1) is 4.40 Å². The predicted molar refractivity (Wildman–Crippen MR) is 140 cm³/mol. The Bertz CT molecular complexity index is 1500. The van der Waals surface area contributed by atoms with E-state index in [0.717, 1.165) is 17.0 Å². The Labute approximate surface area is 216 Å². The van der Waals surface area contributed by atoms with Crippen LogP contribution in [0.15, 0.2) is 81.1 Å². The summed E-state index contributed by atoms with van der Waals surface area (Å²) >= 11 is 0.951. The molecule has 2 aromatic carbocycles. The molecule has 0 radical (unpaired) electrons. The first kappa shape index (κ1) is 24.4. The first-order valence-electron chi connectivity index (χ1n) is 11.2. The van der Waals surface area contributed by atoms with Crippen molar-refractivity contribution in [2.24, 2.45) is 9.50 Å². The molecule has 0 spiro atoms. The van der Waals surface area contributed by atoms with E-state index >= 15 is 0 Å². The average molecular weight is 540 g/mol. The fourth-order valence-corrected chi connectivity index (χ4v) is 5.92. The number of rotatable bonds is 4. The van der Waals surface area contributed by atoms with Gasteiger partial charge in [0.25, 0.3) is 10.0 Å². The van der Waals surface area contributed by atoms with Crippen molar-refractivity contribution in [2.75, 3.05) is 31.1 Å². The normalized spacial score (nSPS) is 16.9. The molecule has 2 aliphatic heterocycles. The SMILES string of the molecule is O=C(N/N=C/c1ccc([N+](=O)[O-])s1)N1CCN(C2=NS(=O)(=O)c3ccccc3N2c2ccccc2)CC1. The smallest absolute Gasteiger partial charge is 0.337 e. The minimum atomic E-state index is -3.90. The van der Waals surface area contributed by atoms with Crippen LogP contribution < -0.4 is 10.3 Å². The number of para-hydroxylation sites is 2. The lowest BCUT2D eigenvalue weighted by atomic mass is 10.2. The van der Waals surface area contributed by atoms with Crippen LogP contribution >= 0.6 is 11.3 Å². The summed E-state index contributed by atoms with van der Waals surface area (Å²) < 4.78 is 30.1. The summed E-state index contributed by atoms with van der Waals surface area (Å²) in [6.07, 6.45) is 1.35. The Morgan fingerprint density at radius 3 is 2.43 bits per heavy atom. The van der Waals surface area contributed by atoms with Gasteiger partial charge in [0.15, 0.2) is 0 Å². The summed E-state index contributed by atoms with van der Waals surface area (Å²) in [5, 5.41) is 14.7. The van der Waals surface area contributed by atoms with Crippen LogP contribution in [-0.2, 0) is 10.0 Å². The van der Waals surface area contributed by atoms with Crippen LogP contribution in [0.1, 0.15) is 4.88 Å². The third kappa shape index (κ3) is 5.01. The number of thiophene rings is 1. The van der Waals surface area contributed by atoms with Gasteiger partial charge in [-0.25, -0.2) is 10.2 Å². The zero-order chi connectivity index (χ0) is 26.0. The highest BCUT2D eigenvalue weighted by Gasteiger charge is 2.36. The van der Waals surface area contributed by atoms with E-state index in [4.69, 9.17) is 0 Å². The lowest BCUT2D eigenvalue weighted by molar-refractivity contribution is -0.380. The molecule has 0 atom stereocenters. The molecule has 14 heteroatoms. The van der Waals surface area contributed by atoms with E-state index in [2.05, 4.69) is 14.9 Å². The van der Waals surface area contributed by atoms with E-state index in [-0.39, 0.29) is 15.9 Å². The number of fused-ring (bicyclic) bond motifs is 1. The maximum atomic E-state index is 13.0. The highest BCUT2D eigenvalue weighted by Crippen LogP contribution is 2.37. The number of hydrogen-bond donors (Lipinski definition) is 1. The van der Waals surface area contributed by atoms with Crippen LogP contribution in [0.3, 0.4) is 0 Å². The zero-order valence-corrected chi connectivity index (χ0v) is 20.9. The minimum absolute atomic E-state index is 0.0105. The van der Waals surface area contributed by atoms with Gasteiger partial charge in [-0.3, -0.25) is 15.0 Å². The van der Waals surface area contributed by atoms with Crippen molar-refractivity contribution in [1.82, 2.24) is 15.2 Å². The molecule has 37 heavy (non-hydrogen) atoms. The monoisotopic (exact) mass is 539 g/mol. The number of nitro groups is 1. The molecule has 2 amide bonds. The number of hydrazone groups is 1. The highest BCUT2D eigenvalue weighted by molar-refractivity contribution is 7.90. The van der Waals surface area contributed by atoms with Crippen molar-refractivity contribution in [3.05, 3.63) is 81.7 Å². The molecule has 0 saturated carbocycles. The maximum absolute atomic E-state index is 13.0. The largest absolute Gasteiger partial charge is 0.338 e. The van der Waals surface area contributed by atoms with Crippen LogP contribution in [0.5, 0.6) is 0 Å². The minimum Gasteiger partial charge on any atom is -0.338 e. The zero-order valence-electron chi connectivity index (χ0n) is 19.3. The second kappa shape index (κ2) is 9.99. The van der Waals surface area contributed by atoms with E-state index < -0.39 is 21.0 Å². The summed E-state index contributed by atoms with van der Waals surface area (Å²) in [7, 11) is -3.90. The summed E-state index contributed by atoms with van der Waals surface area (Å²) in [5.41, 5.74) is 3.72. The van der Waals surface area contributed by atoms with Gasteiger partial charge in [-0.05, 0) is 30.3 Å². The van der Waals surface area contributed by atoms with Gasteiger partial charge in [0, 0.05) is 37.9 Å². The summed E-state index contributed by atoms with van der Waals surface area (Å²) in [6, 6.07) is 18.6. The lowest BCUT2D eigenvalue weighted by Gasteiger charge is -2.41. The number of benzene rings is 2. The molecule has 1 N–H and O–H groups in total. The third-order valence-electron chi connectivity index (χ3n) is 5.79. The molecule has 1 fully saturated rings. The van der Waals surface area contributed by atoms with E-state index in [1.165, 1.54) is 18.3 Å². The Morgan fingerprint density at radius 2 is 1.73 bits per heavy atom. The van der Waals surface area contributed by atoms with E-state index in [1.54, 1.807) is 29.2 Å². The number of sulfonamides is 1. The Morgan fingerprint density at radius 1 is 1.03 bits per heavy atom. The quantitative estimate of drug-likeness (QED) is 0.305. The van der Waals surface area contributed by atoms with Crippen LogP contribution in [0.4, 0.5) is 21.2 Å². The predicted octanol–water partition coefficient (Wildman–Crippen LogP) is 3.21. The van der Waals surface area contributed by atoms with Gasteiger partial charge in [0.2, 0.25) is 5.96 Å². The Hall–Kier alpha value is -4.30. The molecule has 12 nitrogen and oxygen atoms in total. The standard InChI is InChI=1S/C23H21N7O5S2/c31-23(25-24-16-18-10-11-21(36-18)30(32)33)28-14-12-27(13-15-28)22-26-37(34,35)20-9-5-4-8-19(20)29(22)17-6-2-1-3-7-17/h1-11,16H,12-15H2,(H,25,31)/b24-16+. The van der Waals surface area contributed by atoms with Crippen molar-refractivity contribution >= 4 is 55.9 Å². The molecule has 3 heterocycles. The number of amides is 2. The molecule has 1 saturated heterocycles. The highest BCUT2D eigenvalue weighted by atomic mass is 32.2. The van der Waals surface area contributed by atoms with Gasteiger partial charge in [-0.1, -0.05) is 41.7 Å². The Balaban J connectivity index is 1.29. The van der Waals surface area contributed by atoms with Crippen LogP contribution in [-0.4, -0.2) is 67.5 Å². The first-order chi connectivity index (χ1) is 17.8. The average Bonchev–Trinajstić information content (AvgIpc) is 3.38. The Kier molecular flexibility index (Phi) is 6.58. The molecule has 1 aromatic heterocycles. The number of guanidine groups is 1. The lowest BCUT2D eigenvalue weighted by Crippen LogP contribution is -2.56. The van der Waals surface area contributed by atoms with Gasteiger partial charge in [0.1, 0.15) is 4.90 Å². The molecule has 3 aromatic rings.